The smallest absolute Gasteiger partial charge is 0.193 e. The molecule has 1 heterocycles. The Hall–Kier alpha value is -0.720. The number of rotatable bonds is 1. The summed E-state index contributed by atoms with van der Waals surface area (Å²) in [5, 5.41) is 11.1. The molecule has 10 heavy (non-hydrogen) atoms. The van der Waals surface area contributed by atoms with Gasteiger partial charge < -0.3 is 4.74 Å². The normalized spacial score (nSPS) is 8.90. The average Bonchev–Trinajstić information content (AvgIpc) is 2.30. The third-order valence-corrected chi connectivity index (χ3v) is 2.43. The maximum absolute atomic E-state index is 8.44. The fourth-order valence-electron chi connectivity index (χ4n) is 0.539. The van der Waals surface area contributed by atoms with Gasteiger partial charge in [0.1, 0.15) is 11.1 Å². The number of nitrogens with zero attached hydrogens (tertiary/aromatic N) is 1. The first-order valence-electron chi connectivity index (χ1n) is 2.50. The van der Waals surface area contributed by atoms with Crippen LogP contribution in [0.5, 0.6) is 5.06 Å². The number of halogens is 1. The largest absolute Gasteiger partial charge is 0.486 e. The van der Waals surface area contributed by atoms with Crippen molar-refractivity contribution in [3.8, 4) is 11.1 Å². The van der Waals surface area contributed by atoms with Crippen molar-refractivity contribution in [2.24, 2.45) is 0 Å². The summed E-state index contributed by atoms with van der Waals surface area (Å²) < 4.78 is 4.86. The molecule has 2 nitrogen and oxygen atoms in total. The van der Waals surface area contributed by atoms with Crippen molar-refractivity contribution in [2.45, 2.75) is 0 Å². The summed E-state index contributed by atoms with van der Waals surface area (Å²) in [6.45, 7) is 0. The van der Waals surface area contributed by atoms with E-state index in [1.54, 1.807) is 5.38 Å². The highest BCUT2D eigenvalue weighted by atomic mass is 35.5. The fraction of sp³-hybridized carbons (Fsp3) is 0.167. The minimum atomic E-state index is 0.412. The monoisotopic (exact) mass is 173 g/mol. The Kier molecular flexibility index (Phi) is 2.15. The second-order valence-electron chi connectivity index (χ2n) is 1.57. The molecule has 0 saturated heterocycles. The summed E-state index contributed by atoms with van der Waals surface area (Å²) in [5.74, 6) is 0. The van der Waals surface area contributed by atoms with E-state index in [9.17, 15) is 0 Å². The number of nitriles is 1. The third kappa shape index (κ3) is 1.08. The standard InChI is InChI=1S/C6H4ClNOS/c1-9-6-5(7)4(2-8)3-10-6/h3H,1H3. The van der Waals surface area contributed by atoms with Gasteiger partial charge in [-0.25, -0.2) is 0 Å². The maximum atomic E-state index is 8.44. The minimum absolute atomic E-state index is 0.412. The van der Waals surface area contributed by atoms with Crippen molar-refractivity contribution in [3.05, 3.63) is 16.0 Å². The Labute approximate surface area is 67.6 Å². The Bertz CT molecular complexity index is 276. The Morgan fingerprint density at radius 1 is 1.80 bits per heavy atom. The summed E-state index contributed by atoms with van der Waals surface area (Å²) >= 11 is 7.01. The lowest BCUT2D eigenvalue weighted by Gasteiger charge is -1.91. The van der Waals surface area contributed by atoms with E-state index in [-0.39, 0.29) is 0 Å². The molecule has 0 bridgehead atoms. The van der Waals surface area contributed by atoms with Crippen molar-refractivity contribution in [2.75, 3.05) is 7.11 Å². The van der Waals surface area contributed by atoms with Gasteiger partial charge in [-0.2, -0.15) is 5.26 Å². The van der Waals surface area contributed by atoms with Gasteiger partial charge in [0.15, 0.2) is 5.06 Å². The van der Waals surface area contributed by atoms with Gasteiger partial charge in [0.25, 0.3) is 0 Å². The highest BCUT2D eigenvalue weighted by Crippen LogP contribution is 2.34. The number of hydrogen-bond donors (Lipinski definition) is 0. The Balaban J connectivity index is 3.12. The predicted octanol–water partition coefficient (Wildman–Crippen LogP) is 2.28. The zero-order chi connectivity index (χ0) is 7.56. The Morgan fingerprint density at radius 3 is 2.80 bits per heavy atom. The van der Waals surface area contributed by atoms with E-state index in [0.29, 0.717) is 15.6 Å². The molecule has 0 spiro atoms. The molecule has 52 valence electrons. The SMILES string of the molecule is COc1scc(C#N)c1Cl. The highest BCUT2D eigenvalue weighted by Gasteiger charge is 2.07. The fourth-order valence-corrected chi connectivity index (χ4v) is 1.62. The topological polar surface area (TPSA) is 33.0 Å². The number of ether oxygens (including phenoxy) is 1. The van der Waals surface area contributed by atoms with Gasteiger partial charge in [0.05, 0.1) is 12.7 Å². The molecule has 1 aromatic heterocycles. The zero-order valence-electron chi connectivity index (χ0n) is 5.22. The summed E-state index contributed by atoms with van der Waals surface area (Å²) in [6, 6.07) is 1.95. The van der Waals surface area contributed by atoms with E-state index < -0.39 is 0 Å². The molecule has 0 fully saturated rings. The molecule has 4 heteroatoms. The van der Waals surface area contributed by atoms with Crippen molar-refractivity contribution >= 4 is 22.9 Å². The van der Waals surface area contributed by atoms with Crippen LogP contribution in [0.4, 0.5) is 0 Å². The van der Waals surface area contributed by atoms with Crippen molar-refractivity contribution in [1.29, 1.82) is 5.26 Å². The van der Waals surface area contributed by atoms with Crippen molar-refractivity contribution in [1.82, 2.24) is 0 Å². The molecule has 0 aromatic carbocycles. The van der Waals surface area contributed by atoms with Crippen molar-refractivity contribution in [3.63, 3.8) is 0 Å². The van der Waals surface area contributed by atoms with E-state index in [4.69, 9.17) is 21.6 Å². The molecule has 1 aromatic rings. The number of thiophene rings is 1. The molecule has 0 saturated carbocycles. The molecule has 0 aliphatic rings. The lowest BCUT2D eigenvalue weighted by molar-refractivity contribution is 0.427. The van der Waals surface area contributed by atoms with Crippen LogP contribution >= 0.6 is 22.9 Å². The van der Waals surface area contributed by atoms with Crippen LogP contribution in [-0.2, 0) is 0 Å². The van der Waals surface area contributed by atoms with E-state index >= 15 is 0 Å². The molecule has 0 aliphatic carbocycles. The van der Waals surface area contributed by atoms with Gasteiger partial charge in [-0.15, -0.1) is 11.3 Å². The van der Waals surface area contributed by atoms with Gasteiger partial charge in [-0.3, -0.25) is 0 Å². The van der Waals surface area contributed by atoms with Crippen LogP contribution in [-0.4, -0.2) is 7.11 Å². The summed E-state index contributed by atoms with van der Waals surface area (Å²) in [5.41, 5.74) is 0.475. The lowest BCUT2D eigenvalue weighted by atomic mass is 10.4. The summed E-state index contributed by atoms with van der Waals surface area (Å²) in [6.07, 6.45) is 0. The first-order valence-corrected chi connectivity index (χ1v) is 3.76. The molecule has 0 atom stereocenters. The van der Waals surface area contributed by atoms with E-state index in [2.05, 4.69) is 0 Å². The van der Waals surface area contributed by atoms with E-state index in [1.807, 2.05) is 6.07 Å². The molecule has 0 amide bonds. The van der Waals surface area contributed by atoms with Crippen LogP contribution in [0.3, 0.4) is 0 Å². The van der Waals surface area contributed by atoms with Crippen LogP contribution in [0.15, 0.2) is 5.38 Å². The first-order chi connectivity index (χ1) is 4.79. The van der Waals surface area contributed by atoms with Crippen LogP contribution in [0.2, 0.25) is 5.02 Å². The summed E-state index contributed by atoms with van der Waals surface area (Å²) in [7, 11) is 1.53. The summed E-state index contributed by atoms with van der Waals surface area (Å²) in [4.78, 5) is 0. The highest BCUT2D eigenvalue weighted by molar-refractivity contribution is 7.12. The van der Waals surface area contributed by atoms with Gasteiger partial charge in [-0.05, 0) is 0 Å². The second kappa shape index (κ2) is 2.91. The lowest BCUT2D eigenvalue weighted by Crippen LogP contribution is -1.77. The molecule has 0 N–H and O–H groups in total. The quantitative estimate of drug-likeness (QED) is 0.653. The van der Waals surface area contributed by atoms with Crippen LogP contribution in [0.25, 0.3) is 0 Å². The molecule has 1 rings (SSSR count). The average molecular weight is 174 g/mol. The van der Waals surface area contributed by atoms with Crippen LogP contribution in [0, 0.1) is 11.3 Å². The molecule has 0 radical (unpaired) electrons. The van der Waals surface area contributed by atoms with Gasteiger partial charge >= 0.3 is 0 Å². The van der Waals surface area contributed by atoms with Crippen LogP contribution in [0.1, 0.15) is 5.56 Å². The Morgan fingerprint density at radius 2 is 2.50 bits per heavy atom. The molecule has 0 aliphatic heterocycles. The molecule has 0 unspecified atom stereocenters. The van der Waals surface area contributed by atoms with E-state index in [1.165, 1.54) is 18.4 Å². The second-order valence-corrected chi connectivity index (χ2v) is 2.79. The number of methoxy groups -OCH3 is 1. The number of hydrogen-bond acceptors (Lipinski definition) is 3. The van der Waals surface area contributed by atoms with E-state index in [0.717, 1.165) is 0 Å². The van der Waals surface area contributed by atoms with Crippen molar-refractivity contribution < 1.29 is 4.74 Å². The van der Waals surface area contributed by atoms with Gasteiger partial charge in [-0.1, -0.05) is 11.6 Å². The zero-order valence-corrected chi connectivity index (χ0v) is 6.79. The van der Waals surface area contributed by atoms with Crippen LogP contribution < -0.4 is 4.74 Å². The maximum Gasteiger partial charge on any atom is 0.193 e. The predicted molar refractivity (Wildman–Crippen MR) is 40.6 cm³/mol. The van der Waals surface area contributed by atoms with Gasteiger partial charge in [0, 0.05) is 5.38 Å². The third-order valence-electron chi connectivity index (χ3n) is 1.01. The first kappa shape index (κ1) is 7.39. The minimum Gasteiger partial charge on any atom is -0.486 e. The molecular weight excluding hydrogens is 170 g/mol. The van der Waals surface area contributed by atoms with Gasteiger partial charge in [0.2, 0.25) is 0 Å². The molecular formula is C6H4ClNOS.